The van der Waals surface area contributed by atoms with Crippen molar-refractivity contribution in [3.05, 3.63) is 39.8 Å². The first-order chi connectivity index (χ1) is 9.56. The number of primary amides is 1. The maximum atomic E-state index is 12.1. The van der Waals surface area contributed by atoms with Crippen molar-refractivity contribution >= 4 is 40.7 Å². The zero-order chi connectivity index (χ0) is 14.5. The summed E-state index contributed by atoms with van der Waals surface area (Å²) in [6, 6.07) is 8.53. The summed E-state index contributed by atoms with van der Waals surface area (Å²) in [5, 5.41) is 9.12. The number of H-pyrrole nitrogens is 1. The van der Waals surface area contributed by atoms with Crippen molar-refractivity contribution in [2.45, 2.75) is 6.10 Å². The largest absolute Gasteiger partial charge is 0.431 e. The van der Waals surface area contributed by atoms with Crippen LogP contribution in [0.3, 0.4) is 0 Å². The van der Waals surface area contributed by atoms with Gasteiger partial charge in [-0.1, -0.05) is 41.7 Å². The van der Waals surface area contributed by atoms with Crippen molar-refractivity contribution in [2.75, 3.05) is 5.32 Å². The Labute approximate surface area is 122 Å². The van der Waals surface area contributed by atoms with Crippen LogP contribution >= 0.6 is 23.6 Å². The highest BCUT2D eigenvalue weighted by Gasteiger charge is 2.24. The van der Waals surface area contributed by atoms with E-state index in [2.05, 4.69) is 15.5 Å². The lowest BCUT2D eigenvalue weighted by Gasteiger charge is -2.15. The van der Waals surface area contributed by atoms with E-state index >= 15 is 0 Å². The zero-order valence-electron chi connectivity index (χ0n) is 10.0. The van der Waals surface area contributed by atoms with Crippen molar-refractivity contribution in [2.24, 2.45) is 5.73 Å². The summed E-state index contributed by atoms with van der Waals surface area (Å²) in [4.78, 5) is 23.1. The average Bonchev–Trinajstić information content (AvgIpc) is 2.82. The van der Waals surface area contributed by atoms with Crippen molar-refractivity contribution in [3.63, 3.8) is 0 Å². The van der Waals surface area contributed by atoms with Gasteiger partial charge in [0.15, 0.2) is 3.95 Å². The van der Waals surface area contributed by atoms with Gasteiger partial charge in [0.2, 0.25) is 11.2 Å². The van der Waals surface area contributed by atoms with Gasteiger partial charge in [-0.2, -0.15) is 0 Å². The third-order valence-corrected chi connectivity index (χ3v) is 3.25. The van der Waals surface area contributed by atoms with E-state index in [1.807, 2.05) is 0 Å². The van der Waals surface area contributed by atoms with Crippen molar-refractivity contribution in [1.29, 1.82) is 0 Å². The number of hydrogen-bond donors (Lipinski definition) is 3. The molecule has 0 aliphatic heterocycles. The van der Waals surface area contributed by atoms with Gasteiger partial charge >= 0.3 is 6.09 Å². The van der Waals surface area contributed by atoms with E-state index in [1.165, 1.54) is 0 Å². The summed E-state index contributed by atoms with van der Waals surface area (Å²) in [7, 11) is 0. The molecule has 0 bridgehead atoms. The summed E-state index contributed by atoms with van der Waals surface area (Å²) in [6.45, 7) is 0. The average molecular weight is 310 g/mol. The fraction of sp³-hybridized carbons (Fsp3) is 0.0909. The first-order valence-corrected chi connectivity index (χ1v) is 6.66. The molecule has 0 aliphatic rings. The summed E-state index contributed by atoms with van der Waals surface area (Å²) in [5.41, 5.74) is 5.49. The number of aromatic nitrogens is 2. The van der Waals surface area contributed by atoms with Gasteiger partial charge in [0.1, 0.15) is 0 Å². The van der Waals surface area contributed by atoms with Gasteiger partial charge in [0.25, 0.3) is 5.91 Å². The second kappa shape index (κ2) is 6.26. The highest BCUT2D eigenvalue weighted by atomic mass is 32.1. The Morgan fingerprint density at radius 1 is 1.40 bits per heavy atom. The Balaban J connectivity index is 2.20. The molecular formula is C11H10N4O3S2. The first kappa shape index (κ1) is 14.2. The maximum absolute atomic E-state index is 12.1. The molecule has 4 N–H and O–H groups in total. The summed E-state index contributed by atoms with van der Waals surface area (Å²) in [6.07, 6.45) is -2.19. The molecule has 1 aromatic carbocycles. The quantitative estimate of drug-likeness (QED) is 0.748. The van der Waals surface area contributed by atoms with Crippen molar-refractivity contribution < 1.29 is 14.3 Å². The highest BCUT2D eigenvalue weighted by molar-refractivity contribution is 7.73. The fourth-order valence-electron chi connectivity index (χ4n) is 1.47. The topological polar surface area (TPSA) is 110 Å². The second-order valence-electron chi connectivity index (χ2n) is 3.64. The van der Waals surface area contributed by atoms with Gasteiger partial charge in [0, 0.05) is 5.56 Å². The van der Waals surface area contributed by atoms with Gasteiger partial charge in [-0.3, -0.25) is 15.2 Å². The summed E-state index contributed by atoms with van der Waals surface area (Å²) in [5.74, 6) is -0.562. The van der Waals surface area contributed by atoms with Gasteiger partial charge in [-0.05, 0) is 12.2 Å². The number of nitrogens with two attached hydrogens (primary N) is 1. The molecule has 0 saturated carbocycles. The van der Waals surface area contributed by atoms with E-state index in [9.17, 15) is 9.59 Å². The highest BCUT2D eigenvalue weighted by Crippen LogP contribution is 2.20. The normalized spacial score (nSPS) is 11.6. The van der Waals surface area contributed by atoms with Crippen LogP contribution in [-0.2, 0) is 9.53 Å². The molecule has 104 valence electrons. The SMILES string of the molecule is NC(=O)OC(C(=O)Nc1n[nH]c(=S)s1)c1ccccc1. The Kier molecular flexibility index (Phi) is 4.43. The Bertz CT molecular complexity index is 668. The lowest BCUT2D eigenvalue weighted by atomic mass is 10.1. The molecule has 2 rings (SSSR count). The van der Waals surface area contributed by atoms with E-state index in [1.54, 1.807) is 30.3 Å². The maximum Gasteiger partial charge on any atom is 0.405 e. The number of rotatable bonds is 4. The van der Waals surface area contributed by atoms with E-state index in [-0.39, 0.29) is 5.13 Å². The molecule has 0 spiro atoms. The van der Waals surface area contributed by atoms with Gasteiger partial charge in [-0.15, -0.1) is 5.10 Å². The van der Waals surface area contributed by atoms with Crippen LogP contribution in [0.5, 0.6) is 0 Å². The Hall–Kier alpha value is -2.26. The minimum absolute atomic E-state index is 0.286. The van der Waals surface area contributed by atoms with Crippen LogP contribution in [0.15, 0.2) is 30.3 Å². The molecule has 1 aromatic heterocycles. The number of benzene rings is 1. The third-order valence-electron chi connectivity index (χ3n) is 2.24. The second-order valence-corrected chi connectivity index (χ2v) is 5.30. The number of hydrogen-bond acceptors (Lipinski definition) is 6. The third kappa shape index (κ3) is 3.62. The molecule has 2 aromatic rings. The first-order valence-electron chi connectivity index (χ1n) is 5.43. The van der Waals surface area contributed by atoms with E-state index < -0.39 is 18.1 Å². The number of anilines is 1. The summed E-state index contributed by atoms with van der Waals surface area (Å²) < 4.78 is 5.27. The van der Waals surface area contributed by atoms with Crippen molar-refractivity contribution in [1.82, 2.24) is 10.2 Å². The Morgan fingerprint density at radius 3 is 2.65 bits per heavy atom. The number of carbonyl (C=O) groups is 2. The minimum Gasteiger partial charge on any atom is -0.431 e. The van der Waals surface area contributed by atoms with E-state index in [0.717, 1.165) is 11.3 Å². The molecule has 2 amide bonds. The predicted octanol–water partition coefficient (Wildman–Crippen LogP) is 1.98. The van der Waals surface area contributed by atoms with Crippen LogP contribution in [-0.4, -0.2) is 22.2 Å². The van der Waals surface area contributed by atoms with Gasteiger partial charge in [-0.25, -0.2) is 4.79 Å². The summed E-state index contributed by atoms with van der Waals surface area (Å²) >= 11 is 5.95. The van der Waals surface area contributed by atoms with E-state index in [4.69, 9.17) is 22.7 Å². The molecule has 7 nitrogen and oxygen atoms in total. The number of nitrogens with one attached hydrogen (secondary N) is 2. The lowest BCUT2D eigenvalue weighted by Crippen LogP contribution is -2.28. The number of ether oxygens (including phenoxy) is 1. The minimum atomic E-state index is -1.15. The molecular weight excluding hydrogens is 300 g/mol. The number of nitrogens with zero attached hydrogens (tertiary/aromatic N) is 1. The number of aromatic amines is 1. The predicted molar refractivity (Wildman–Crippen MR) is 75.8 cm³/mol. The molecule has 0 radical (unpaired) electrons. The van der Waals surface area contributed by atoms with Crippen LogP contribution in [0.4, 0.5) is 9.93 Å². The molecule has 1 atom stereocenters. The molecule has 0 aliphatic carbocycles. The van der Waals surface area contributed by atoms with Crippen LogP contribution in [0, 0.1) is 3.95 Å². The van der Waals surface area contributed by atoms with Crippen LogP contribution in [0.25, 0.3) is 0 Å². The number of amides is 2. The zero-order valence-corrected chi connectivity index (χ0v) is 11.7. The number of carbonyl (C=O) groups excluding carboxylic acids is 2. The molecule has 20 heavy (non-hydrogen) atoms. The van der Waals surface area contributed by atoms with E-state index in [0.29, 0.717) is 9.52 Å². The van der Waals surface area contributed by atoms with Gasteiger partial charge < -0.3 is 10.5 Å². The molecule has 1 unspecified atom stereocenters. The monoisotopic (exact) mass is 310 g/mol. The molecule has 0 saturated heterocycles. The molecule has 0 fully saturated rings. The van der Waals surface area contributed by atoms with Gasteiger partial charge in [0.05, 0.1) is 0 Å². The van der Waals surface area contributed by atoms with Crippen LogP contribution in [0.2, 0.25) is 0 Å². The van der Waals surface area contributed by atoms with Crippen LogP contribution < -0.4 is 11.1 Å². The Morgan fingerprint density at radius 2 is 2.10 bits per heavy atom. The van der Waals surface area contributed by atoms with Crippen molar-refractivity contribution in [3.8, 4) is 0 Å². The fourth-order valence-corrected chi connectivity index (χ4v) is 2.26. The van der Waals surface area contributed by atoms with Crippen LogP contribution in [0.1, 0.15) is 11.7 Å². The smallest absolute Gasteiger partial charge is 0.405 e. The lowest BCUT2D eigenvalue weighted by molar-refractivity contribution is -0.124. The molecule has 1 heterocycles. The standard InChI is InChI=1S/C11H10N4O3S2/c12-9(17)18-7(6-4-2-1-3-5-6)8(16)13-10-14-15-11(19)20-10/h1-5,7H,(H2,12,17)(H,15,19)(H,13,14,16). The molecule has 9 heteroatoms.